The lowest BCUT2D eigenvalue weighted by atomic mass is 10.1. The zero-order valence-corrected chi connectivity index (χ0v) is 15.6. The summed E-state index contributed by atoms with van der Waals surface area (Å²) >= 11 is 4.91. The fraction of sp³-hybridized carbons (Fsp3) is 0.294. The Balaban J connectivity index is 1.86. The van der Waals surface area contributed by atoms with Crippen LogP contribution in [0.25, 0.3) is 0 Å². The zero-order valence-electron chi connectivity index (χ0n) is 13.2. The van der Waals surface area contributed by atoms with Crippen LogP contribution in [0.5, 0.6) is 0 Å². The molecule has 2 aromatic rings. The van der Waals surface area contributed by atoms with Crippen molar-refractivity contribution in [2.24, 2.45) is 0 Å². The Hall–Kier alpha value is -1.66. The van der Waals surface area contributed by atoms with Gasteiger partial charge in [-0.3, -0.25) is 4.79 Å². The van der Waals surface area contributed by atoms with Crippen molar-refractivity contribution in [3.05, 3.63) is 55.7 Å². The minimum atomic E-state index is -0.460. The van der Waals surface area contributed by atoms with Gasteiger partial charge in [0.05, 0.1) is 11.6 Å². The van der Waals surface area contributed by atoms with E-state index in [-0.39, 0.29) is 18.6 Å². The van der Waals surface area contributed by atoms with Crippen LogP contribution < -0.4 is 5.32 Å². The van der Waals surface area contributed by atoms with Gasteiger partial charge in [-0.2, -0.15) is 0 Å². The minimum absolute atomic E-state index is 0.153. The van der Waals surface area contributed by atoms with Gasteiger partial charge < -0.3 is 10.1 Å². The van der Waals surface area contributed by atoms with Crippen molar-refractivity contribution in [1.82, 2.24) is 5.32 Å². The van der Waals surface area contributed by atoms with Gasteiger partial charge in [0.2, 0.25) is 0 Å². The molecule has 1 atom stereocenters. The molecule has 0 fully saturated rings. The first-order valence-corrected chi connectivity index (χ1v) is 8.76. The van der Waals surface area contributed by atoms with Crippen molar-refractivity contribution in [3.8, 4) is 0 Å². The van der Waals surface area contributed by atoms with E-state index < -0.39 is 5.97 Å². The molecule has 6 heteroatoms. The number of halogens is 1. The van der Waals surface area contributed by atoms with Crippen LogP contribution in [0.1, 0.15) is 38.6 Å². The monoisotopic (exact) mass is 395 g/mol. The Morgan fingerprint density at radius 2 is 1.91 bits per heavy atom. The molecule has 0 saturated heterocycles. The summed E-state index contributed by atoms with van der Waals surface area (Å²) in [5.41, 5.74) is 1.51. The first-order valence-electron chi connectivity index (χ1n) is 7.16. The molecule has 0 aliphatic heterocycles. The fourth-order valence-electron chi connectivity index (χ4n) is 2.16. The maximum atomic E-state index is 12.0. The number of thiophene rings is 1. The van der Waals surface area contributed by atoms with Gasteiger partial charge in [0.15, 0.2) is 6.61 Å². The average molecular weight is 396 g/mol. The highest BCUT2D eigenvalue weighted by molar-refractivity contribution is 9.10. The van der Waals surface area contributed by atoms with Crippen molar-refractivity contribution >= 4 is 39.1 Å². The lowest BCUT2D eigenvalue weighted by molar-refractivity contribution is -0.124. The number of rotatable bonds is 5. The largest absolute Gasteiger partial charge is 0.452 e. The molecule has 1 heterocycles. The molecule has 122 valence electrons. The normalized spacial score (nSPS) is 11.8. The third kappa shape index (κ3) is 4.91. The summed E-state index contributed by atoms with van der Waals surface area (Å²) in [6.45, 7) is 5.40. The molecule has 0 aliphatic carbocycles. The quantitative estimate of drug-likeness (QED) is 0.773. The molecule has 0 unspecified atom stereocenters. The summed E-state index contributed by atoms with van der Waals surface area (Å²) in [6.07, 6.45) is 0. The van der Waals surface area contributed by atoms with Crippen molar-refractivity contribution in [3.63, 3.8) is 0 Å². The summed E-state index contributed by atoms with van der Waals surface area (Å²) in [5, 5.41) is 2.81. The smallest absolute Gasteiger partial charge is 0.339 e. The second-order valence-electron chi connectivity index (χ2n) is 5.24. The van der Waals surface area contributed by atoms with Crippen LogP contribution in [-0.2, 0) is 9.53 Å². The van der Waals surface area contributed by atoms with E-state index >= 15 is 0 Å². The molecule has 0 spiro atoms. The topological polar surface area (TPSA) is 55.4 Å². The Kier molecular flexibility index (Phi) is 5.96. The van der Waals surface area contributed by atoms with Crippen LogP contribution in [0, 0.1) is 13.8 Å². The maximum absolute atomic E-state index is 12.0. The van der Waals surface area contributed by atoms with Gasteiger partial charge in [0.1, 0.15) is 0 Å². The summed E-state index contributed by atoms with van der Waals surface area (Å²) in [4.78, 5) is 25.8. The molecule has 2 rings (SSSR count). The predicted molar refractivity (Wildman–Crippen MR) is 94.8 cm³/mol. The number of carbonyl (C=O) groups excluding carboxylic acids is 2. The Morgan fingerprint density at radius 1 is 1.26 bits per heavy atom. The zero-order chi connectivity index (χ0) is 17.0. The molecule has 1 amide bonds. The van der Waals surface area contributed by atoms with Gasteiger partial charge in [-0.15, -0.1) is 11.3 Å². The van der Waals surface area contributed by atoms with E-state index in [0.29, 0.717) is 5.56 Å². The molecule has 1 aromatic heterocycles. The van der Waals surface area contributed by atoms with E-state index in [1.807, 2.05) is 45.0 Å². The number of aryl methyl sites for hydroxylation is 2. The molecule has 0 radical (unpaired) electrons. The Bertz CT molecular complexity index is 709. The molecule has 1 aromatic carbocycles. The van der Waals surface area contributed by atoms with Crippen LogP contribution in [0.4, 0.5) is 0 Å². The van der Waals surface area contributed by atoms with E-state index in [1.54, 1.807) is 6.07 Å². The highest BCUT2D eigenvalue weighted by Crippen LogP contribution is 2.21. The van der Waals surface area contributed by atoms with E-state index in [0.717, 1.165) is 19.8 Å². The van der Waals surface area contributed by atoms with Gasteiger partial charge in [0.25, 0.3) is 5.91 Å². The lowest BCUT2D eigenvalue weighted by Crippen LogP contribution is -2.31. The van der Waals surface area contributed by atoms with Crippen LogP contribution in [0.15, 0.2) is 34.8 Å². The summed E-state index contributed by atoms with van der Waals surface area (Å²) in [5.74, 6) is -0.781. The van der Waals surface area contributed by atoms with E-state index in [9.17, 15) is 9.59 Å². The third-order valence-corrected chi connectivity index (χ3v) is 4.84. The number of ether oxygens (including phenoxy) is 1. The van der Waals surface area contributed by atoms with Crippen molar-refractivity contribution in [2.45, 2.75) is 26.8 Å². The number of esters is 1. The second kappa shape index (κ2) is 7.75. The molecule has 0 bridgehead atoms. The van der Waals surface area contributed by atoms with Crippen LogP contribution in [0.2, 0.25) is 0 Å². The SMILES string of the molecule is Cc1cc(C(=O)OCC(=O)N[C@@H](C)c2ccc(Br)cc2)c(C)s1. The third-order valence-electron chi connectivity index (χ3n) is 3.34. The number of hydrogen-bond donors (Lipinski definition) is 1. The van der Waals surface area contributed by atoms with Crippen LogP contribution >= 0.6 is 27.3 Å². The lowest BCUT2D eigenvalue weighted by Gasteiger charge is -2.14. The highest BCUT2D eigenvalue weighted by Gasteiger charge is 2.16. The van der Waals surface area contributed by atoms with Crippen LogP contribution in [0.3, 0.4) is 0 Å². The van der Waals surface area contributed by atoms with E-state index in [1.165, 1.54) is 11.3 Å². The molecule has 23 heavy (non-hydrogen) atoms. The van der Waals surface area contributed by atoms with Gasteiger partial charge in [-0.1, -0.05) is 28.1 Å². The van der Waals surface area contributed by atoms with E-state index in [4.69, 9.17) is 4.74 Å². The molecular weight excluding hydrogens is 378 g/mol. The van der Waals surface area contributed by atoms with Crippen molar-refractivity contribution in [2.75, 3.05) is 6.61 Å². The molecule has 0 saturated carbocycles. The predicted octanol–water partition coefficient (Wildman–Crippen LogP) is 4.16. The number of amides is 1. The first-order chi connectivity index (χ1) is 10.9. The summed E-state index contributed by atoms with van der Waals surface area (Å²) < 4.78 is 6.07. The maximum Gasteiger partial charge on any atom is 0.339 e. The minimum Gasteiger partial charge on any atom is -0.452 e. The number of hydrogen-bond acceptors (Lipinski definition) is 4. The molecule has 0 aliphatic rings. The van der Waals surface area contributed by atoms with Crippen LogP contribution in [-0.4, -0.2) is 18.5 Å². The van der Waals surface area contributed by atoms with E-state index in [2.05, 4.69) is 21.2 Å². The fourth-order valence-corrected chi connectivity index (χ4v) is 3.34. The van der Waals surface area contributed by atoms with Gasteiger partial charge in [0, 0.05) is 14.2 Å². The number of benzene rings is 1. The molecule has 4 nitrogen and oxygen atoms in total. The Morgan fingerprint density at radius 3 is 2.48 bits per heavy atom. The van der Waals surface area contributed by atoms with Crippen molar-refractivity contribution < 1.29 is 14.3 Å². The Labute approximate surface area is 148 Å². The highest BCUT2D eigenvalue weighted by atomic mass is 79.9. The van der Waals surface area contributed by atoms with Crippen molar-refractivity contribution in [1.29, 1.82) is 0 Å². The molecule has 1 N–H and O–H groups in total. The summed E-state index contributed by atoms with van der Waals surface area (Å²) in [7, 11) is 0. The standard InChI is InChI=1S/C17H18BrNO3S/c1-10-8-15(12(3)23-10)17(21)22-9-16(20)19-11(2)13-4-6-14(18)7-5-13/h4-8,11H,9H2,1-3H3,(H,19,20)/t11-/m0/s1. The first kappa shape index (κ1) is 17.7. The second-order valence-corrected chi connectivity index (χ2v) is 7.62. The number of carbonyl (C=O) groups is 2. The van der Waals surface area contributed by atoms with Gasteiger partial charge in [-0.05, 0) is 44.5 Å². The average Bonchev–Trinajstić information content (AvgIpc) is 2.84. The van der Waals surface area contributed by atoms with Gasteiger partial charge >= 0.3 is 5.97 Å². The van der Waals surface area contributed by atoms with Gasteiger partial charge in [-0.25, -0.2) is 4.79 Å². The number of nitrogens with one attached hydrogen (secondary N) is 1. The molecular formula is C17H18BrNO3S. The summed E-state index contributed by atoms with van der Waals surface area (Å²) in [6, 6.07) is 9.32.